The number of anilines is 2. The summed E-state index contributed by atoms with van der Waals surface area (Å²) in [7, 11) is 0. The highest BCUT2D eigenvalue weighted by Crippen LogP contribution is 2.31. The molecule has 3 N–H and O–H groups in total. The lowest BCUT2D eigenvalue weighted by Crippen LogP contribution is -2.13. The minimum absolute atomic E-state index is 0.230. The first kappa shape index (κ1) is 16.4. The molecule has 7 heteroatoms. The highest BCUT2D eigenvalue weighted by molar-refractivity contribution is 9.10. The topological polar surface area (TPSA) is 55.1 Å². The summed E-state index contributed by atoms with van der Waals surface area (Å²) in [6.45, 7) is 1.87. The Morgan fingerprint density at radius 3 is 2.24 bits per heavy atom. The van der Waals surface area contributed by atoms with Crippen molar-refractivity contribution in [1.82, 2.24) is 0 Å². The summed E-state index contributed by atoms with van der Waals surface area (Å²) < 4.78 is 0.727. The van der Waals surface area contributed by atoms with Gasteiger partial charge in [-0.05, 0) is 52.7 Å². The Morgan fingerprint density at radius 1 is 1.10 bits per heavy atom. The molecule has 1 amide bonds. The van der Waals surface area contributed by atoms with Gasteiger partial charge in [0.05, 0.1) is 21.4 Å². The van der Waals surface area contributed by atoms with Crippen molar-refractivity contribution in [2.75, 3.05) is 11.1 Å². The zero-order valence-corrected chi connectivity index (χ0v) is 14.7. The Balaban J connectivity index is 2.32. The smallest absolute Gasteiger partial charge is 0.255 e. The average molecular weight is 409 g/mol. The minimum atomic E-state index is -0.362. The molecule has 0 radical (unpaired) electrons. The molecule has 0 spiro atoms. The molecule has 0 saturated carbocycles. The number of rotatable bonds is 2. The van der Waals surface area contributed by atoms with Crippen molar-refractivity contribution >= 4 is 68.0 Å². The van der Waals surface area contributed by atoms with Crippen LogP contribution in [0.25, 0.3) is 0 Å². The molecule has 0 unspecified atom stereocenters. The van der Waals surface area contributed by atoms with Crippen LogP contribution in [0.4, 0.5) is 11.4 Å². The molecule has 0 saturated heterocycles. The van der Waals surface area contributed by atoms with Crippen molar-refractivity contribution in [3.05, 3.63) is 54.9 Å². The van der Waals surface area contributed by atoms with Crippen LogP contribution in [0.1, 0.15) is 15.9 Å². The van der Waals surface area contributed by atoms with Gasteiger partial charge in [-0.2, -0.15) is 0 Å². The summed E-state index contributed by atoms with van der Waals surface area (Å²) in [5.41, 5.74) is 7.65. The Hall–Kier alpha value is -0.940. The fraction of sp³-hybridized carbons (Fsp3) is 0.0714. The molecule has 0 aliphatic rings. The van der Waals surface area contributed by atoms with Crippen LogP contribution >= 0.6 is 50.7 Å². The van der Waals surface area contributed by atoms with Crippen LogP contribution in [-0.4, -0.2) is 5.91 Å². The number of amides is 1. The number of carbonyl (C=O) groups is 1. The number of nitrogens with two attached hydrogens (primary N) is 1. The largest absolute Gasteiger partial charge is 0.396 e. The van der Waals surface area contributed by atoms with E-state index in [0.717, 1.165) is 10.0 Å². The van der Waals surface area contributed by atoms with E-state index in [1.807, 2.05) is 13.0 Å². The highest BCUT2D eigenvalue weighted by Gasteiger charge is 2.13. The molecule has 0 bridgehead atoms. The van der Waals surface area contributed by atoms with E-state index >= 15 is 0 Å². The fourth-order valence-electron chi connectivity index (χ4n) is 1.65. The molecule has 2 aromatic rings. The van der Waals surface area contributed by atoms with Crippen LogP contribution in [0.2, 0.25) is 15.1 Å². The first-order chi connectivity index (χ1) is 9.79. The second kappa shape index (κ2) is 6.44. The lowest BCUT2D eigenvalue weighted by Gasteiger charge is -2.11. The van der Waals surface area contributed by atoms with Crippen molar-refractivity contribution < 1.29 is 4.79 Å². The minimum Gasteiger partial charge on any atom is -0.396 e. The first-order valence-corrected chi connectivity index (χ1v) is 7.74. The van der Waals surface area contributed by atoms with Gasteiger partial charge in [0.25, 0.3) is 5.91 Å². The molecule has 0 aliphatic heterocycles. The van der Waals surface area contributed by atoms with Gasteiger partial charge in [0.2, 0.25) is 0 Å². The molecule has 21 heavy (non-hydrogen) atoms. The lowest BCUT2D eigenvalue weighted by atomic mass is 10.1. The standard InChI is InChI=1S/C14H10BrCl3N2O/c1-6-2-8(15)12(5-9(6)16)20-14(21)7-3-10(17)13(19)11(18)4-7/h2-5H,19H2,1H3,(H,20,21). The monoisotopic (exact) mass is 406 g/mol. The normalized spacial score (nSPS) is 10.5. The van der Waals surface area contributed by atoms with E-state index in [-0.39, 0.29) is 21.6 Å². The average Bonchev–Trinajstić information content (AvgIpc) is 2.41. The van der Waals surface area contributed by atoms with Gasteiger partial charge in [-0.1, -0.05) is 34.8 Å². The molecule has 110 valence electrons. The number of aryl methyl sites for hydroxylation is 1. The number of carbonyl (C=O) groups excluding carboxylic acids is 1. The van der Waals surface area contributed by atoms with Gasteiger partial charge in [0, 0.05) is 15.1 Å². The number of nitrogens with one attached hydrogen (secondary N) is 1. The van der Waals surface area contributed by atoms with Crippen molar-refractivity contribution in [2.24, 2.45) is 0 Å². The van der Waals surface area contributed by atoms with E-state index in [9.17, 15) is 4.79 Å². The van der Waals surface area contributed by atoms with E-state index in [2.05, 4.69) is 21.2 Å². The van der Waals surface area contributed by atoms with Crippen LogP contribution < -0.4 is 11.1 Å². The van der Waals surface area contributed by atoms with E-state index in [1.54, 1.807) is 6.07 Å². The molecular formula is C14H10BrCl3N2O. The van der Waals surface area contributed by atoms with Crippen molar-refractivity contribution in [2.45, 2.75) is 6.92 Å². The summed E-state index contributed by atoms with van der Waals surface area (Å²) >= 11 is 21.3. The second-order valence-electron chi connectivity index (χ2n) is 4.39. The Bertz CT molecular complexity index is 711. The third-order valence-electron chi connectivity index (χ3n) is 2.84. The molecule has 0 atom stereocenters. The van der Waals surface area contributed by atoms with Gasteiger partial charge in [-0.3, -0.25) is 4.79 Å². The fourth-order valence-corrected chi connectivity index (χ4v) is 2.86. The third-order valence-corrected chi connectivity index (χ3v) is 4.53. The van der Waals surface area contributed by atoms with Crippen LogP contribution in [0, 0.1) is 6.92 Å². The molecule has 3 nitrogen and oxygen atoms in total. The second-order valence-corrected chi connectivity index (χ2v) is 6.46. The number of benzene rings is 2. The van der Waals surface area contributed by atoms with E-state index in [4.69, 9.17) is 40.5 Å². The maximum Gasteiger partial charge on any atom is 0.255 e. The van der Waals surface area contributed by atoms with E-state index in [1.165, 1.54) is 12.1 Å². The van der Waals surface area contributed by atoms with Gasteiger partial charge in [-0.15, -0.1) is 0 Å². The predicted octanol–water partition coefficient (Wildman–Crippen LogP) is 5.55. The highest BCUT2D eigenvalue weighted by atomic mass is 79.9. The lowest BCUT2D eigenvalue weighted by molar-refractivity contribution is 0.102. The number of nitrogen functional groups attached to an aromatic ring is 1. The predicted molar refractivity (Wildman–Crippen MR) is 92.7 cm³/mol. The van der Waals surface area contributed by atoms with Gasteiger partial charge in [0.15, 0.2) is 0 Å². The number of hydrogen-bond acceptors (Lipinski definition) is 2. The summed E-state index contributed by atoms with van der Waals surface area (Å²) in [4.78, 5) is 12.2. The summed E-state index contributed by atoms with van der Waals surface area (Å²) in [5.74, 6) is -0.362. The molecule has 0 aliphatic carbocycles. The number of hydrogen-bond donors (Lipinski definition) is 2. The first-order valence-electron chi connectivity index (χ1n) is 5.81. The Morgan fingerprint density at radius 2 is 1.67 bits per heavy atom. The van der Waals surface area contributed by atoms with Gasteiger partial charge < -0.3 is 11.1 Å². The van der Waals surface area contributed by atoms with Crippen LogP contribution in [-0.2, 0) is 0 Å². The summed E-state index contributed by atoms with van der Waals surface area (Å²) in [5, 5.41) is 3.76. The molecule has 0 heterocycles. The Labute approximate surface area is 145 Å². The molecule has 0 aromatic heterocycles. The van der Waals surface area contributed by atoms with E-state index < -0.39 is 0 Å². The zero-order chi connectivity index (χ0) is 15.7. The van der Waals surface area contributed by atoms with Crippen molar-refractivity contribution in [3.8, 4) is 0 Å². The van der Waals surface area contributed by atoms with Gasteiger partial charge in [-0.25, -0.2) is 0 Å². The SMILES string of the molecule is Cc1cc(Br)c(NC(=O)c2cc(Cl)c(N)c(Cl)c2)cc1Cl. The molecule has 2 rings (SSSR count). The summed E-state index contributed by atoms with van der Waals surface area (Å²) in [6, 6.07) is 6.41. The maximum absolute atomic E-state index is 12.2. The van der Waals surface area contributed by atoms with Gasteiger partial charge >= 0.3 is 0 Å². The van der Waals surface area contributed by atoms with Crippen molar-refractivity contribution in [3.63, 3.8) is 0 Å². The number of halogens is 4. The molecular weight excluding hydrogens is 398 g/mol. The van der Waals surface area contributed by atoms with Crippen LogP contribution in [0.5, 0.6) is 0 Å². The maximum atomic E-state index is 12.2. The van der Waals surface area contributed by atoms with Crippen LogP contribution in [0.3, 0.4) is 0 Å². The molecule has 2 aromatic carbocycles. The zero-order valence-electron chi connectivity index (χ0n) is 10.8. The molecule has 0 fully saturated rings. The van der Waals surface area contributed by atoms with Crippen molar-refractivity contribution in [1.29, 1.82) is 0 Å². The quantitative estimate of drug-likeness (QED) is 0.640. The van der Waals surface area contributed by atoms with Gasteiger partial charge in [0.1, 0.15) is 0 Å². The summed E-state index contributed by atoms with van der Waals surface area (Å²) in [6.07, 6.45) is 0. The van der Waals surface area contributed by atoms with E-state index in [0.29, 0.717) is 16.3 Å². The Kier molecular flexibility index (Phi) is 5.04. The van der Waals surface area contributed by atoms with Crippen LogP contribution in [0.15, 0.2) is 28.7 Å². The third kappa shape index (κ3) is 3.64.